The molecule has 2 heteroatoms. The van der Waals surface area contributed by atoms with Crippen molar-refractivity contribution in [3.05, 3.63) is 0 Å². The molecule has 0 unspecified atom stereocenters. The molecule has 2 nitrogen and oxygen atoms in total. The van der Waals surface area contributed by atoms with Crippen molar-refractivity contribution in [1.29, 1.82) is 0 Å². The van der Waals surface area contributed by atoms with E-state index in [0.29, 0.717) is 5.92 Å². The summed E-state index contributed by atoms with van der Waals surface area (Å²) in [5.41, 5.74) is 0. The summed E-state index contributed by atoms with van der Waals surface area (Å²) in [6, 6.07) is 0.0972. The molecule has 0 bridgehead atoms. The molecule has 0 aliphatic rings. The smallest absolute Gasteiger partial charge is 0.137 e. The van der Waals surface area contributed by atoms with Gasteiger partial charge in [-0.1, -0.05) is 13.8 Å². The average Bonchev–Trinajstić information content (AvgIpc) is 1.81. The molecule has 0 heterocycles. The molecule has 1 atom stereocenters. The van der Waals surface area contributed by atoms with Gasteiger partial charge < -0.3 is 4.79 Å². The van der Waals surface area contributed by atoms with E-state index in [1.807, 2.05) is 19.0 Å². The minimum atomic E-state index is 0.0972. The molecule has 60 valence electrons. The Kier molecular flexibility index (Phi) is 4.28. The zero-order chi connectivity index (χ0) is 8.15. The van der Waals surface area contributed by atoms with Gasteiger partial charge in [-0.05, 0) is 26.4 Å². The second kappa shape index (κ2) is 4.45. The van der Waals surface area contributed by atoms with Gasteiger partial charge in [0.05, 0.1) is 6.04 Å². The van der Waals surface area contributed by atoms with Gasteiger partial charge in [-0.2, -0.15) is 0 Å². The highest BCUT2D eigenvalue weighted by atomic mass is 16.1. The van der Waals surface area contributed by atoms with Crippen molar-refractivity contribution in [2.24, 2.45) is 5.92 Å². The van der Waals surface area contributed by atoms with Crippen molar-refractivity contribution in [2.45, 2.75) is 26.3 Å². The van der Waals surface area contributed by atoms with Crippen molar-refractivity contribution in [3.63, 3.8) is 0 Å². The van der Waals surface area contributed by atoms with Crippen LogP contribution >= 0.6 is 0 Å². The fourth-order valence-electron chi connectivity index (χ4n) is 0.871. The Balaban J connectivity index is 3.71. The molecular formula is C8H17NO. The van der Waals surface area contributed by atoms with Crippen LogP contribution in [-0.4, -0.2) is 31.3 Å². The van der Waals surface area contributed by atoms with E-state index >= 15 is 0 Å². The fraction of sp³-hybridized carbons (Fsp3) is 0.875. The number of likely N-dealkylation sites (N-methyl/N-ethyl adjacent to an activating group) is 1. The van der Waals surface area contributed by atoms with Crippen LogP contribution in [0.4, 0.5) is 0 Å². The van der Waals surface area contributed by atoms with Crippen molar-refractivity contribution in [3.8, 4) is 0 Å². The van der Waals surface area contributed by atoms with E-state index in [2.05, 4.69) is 13.8 Å². The lowest BCUT2D eigenvalue weighted by atomic mass is 10.0. The third kappa shape index (κ3) is 3.62. The second-order valence-corrected chi connectivity index (χ2v) is 3.30. The molecule has 0 amide bonds. The van der Waals surface area contributed by atoms with Crippen LogP contribution in [0.5, 0.6) is 0 Å². The highest BCUT2D eigenvalue weighted by molar-refractivity contribution is 5.57. The maximum absolute atomic E-state index is 10.4. The first kappa shape index (κ1) is 9.63. The Hall–Kier alpha value is -0.370. The minimum Gasteiger partial charge on any atom is -0.302 e. The maximum Gasteiger partial charge on any atom is 0.137 e. The average molecular weight is 143 g/mol. The van der Waals surface area contributed by atoms with Crippen LogP contribution in [0, 0.1) is 5.92 Å². The van der Waals surface area contributed by atoms with Gasteiger partial charge in [0.15, 0.2) is 0 Å². The van der Waals surface area contributed by atoms with E-state index in [4.69, 9.17) is 0 Å². The van der Waals surface area contributed by atoms with Gasteiger partial charge in [-0.25, -0.2) is 0 Å². The quantitative estimate of drug-likeness (QED) is 0.550. The predicted octanol–water partition coefficient (Wildman–Crippen LogP) is 1.16. The largest absolute Gasteiger partial charge is 0.302 e. The minimum absolute atomic E-state index is 0.0972. The molecule has 0 aliphatic carbocycles. The highest BCUT2D eigenvalue weighted by Crippen LogP contribution is 2.05. The van der Waals surface area contributed by atoms with Gasteiger partial charge in [-0.15, -0.1) is 0 Å². The first-order chi connectivity index (χ1) is 4.57. The maximum atomic E-state index is 10.4. The normalized spacial score (nSPS) is 14.2. The van der Waals surface area contributed by atoms with Gasteiger partial charge in [-0.3, -0.25) is 4.90 Å². The summed E-state index contributed by atoms with van der Waals surface area (Å²) in [6.45, 7) is 4.25. The lowest BCUT2D eigenvalue weighted by Gasteiger charge is -2.19. The number of nitrogens with zero attached hydrogens (tertiary/aromatic N) is 1. The van der Waals surface area contributed by atoms with E-state index in [-0.39, 0.29) is 6.04 Å². The number of aldehydes is 1. The molecule has 0 N–H and O–H groups in total. The predicted molar refractivity (Wildman–Crippen MR) is 43.0 cm³/mol. The lowest BCUT2D eigenvalue weighted by Crippen LogP contribution is -2.30. The number of hydrogen-bond donors (Lipinski definition) is 0. The third-order valence-electron chi connectivity index (χ3n) is 1.53. The Morgan fingerprint density at radius 2 is 1.90 bits per heavy atom. The van der Waals surface area contributed by atoms with E-state index in [1.54, 1.807) is 0 Å². The van der Waals surface area contributed by atoms with Crippen LogP contribution in [0.2, 0.25) is 0 Å². The van der Waals surface area contributed by atoms with Gasteiger partial charge in [0, 0.05) is 0 Å². The second-order valence-electron chi connectivity index (χ2n) is 3.30. The van der Waals surface area contributed by atoms with E-state index < -0.39 is 0 Å². The highest BCUT2D eigenvalue weighted by Gasteiger charge is 2.10. The van der Waals surface area contributed by atoms with E-state index in [0.717, 1.165) is 12.7 Å². The summed E-state index contributed by atoms with van der Waals surface area (Å²) in [5.74, 6) is 0.595. The molecule has 0 spiro atoms. The zero-order valence-electron chi connectivity index (χ0n) is 7.29. The first-order valence-corrected chi connectivity index (χ1v) is 3.69. The number of carbonyl (C=O) groups excluding carboxylic acids is 1. The molecule has 0 aliphatic heterocycles. The van der Waals surface area contributed by atoms with Crippen LogP contribution < -0.4 is 0 Å². The van der Waals surface area contributed by atoms with Crippen molar-refractivity contribution >= 4 is 6.29 Å². The molecule has 0 saturated heterocycles. The Labute approximate surface area is 63.2 Å². The lowest BCUT2D eigenvalue weighted by molar-refractivity contribution is -0.112. The molecule has 0 aromatic heterocycles. The number of hydrogen-bond acceptors (Lipinski definition) is 2. The summed E-state index contributed by atoms with van der Waals surface area (Å²) in [5, 5.41) is 0. The molecule has 0 rings (SSSR count). The summed E-state index contributed by atoms with van der Waals surface area (Å²) in [4.78, 5) is 12.4. The molecule has 0 aromatic rings. The number of carbonyl (C=O) groups is 1. The van der Waals surface area contributed by atoms with Gasteiger partial charge in [0.1, 0.15) is 6.29 Å². The van der Waals surface area contributed by atoms with Crippen LogP contribution in [0.3, 0.4) is 0 Å². The van der Waals surface area contributed by atoms with Gasteiger partial charge in [0.25, 0.3) is 0 Å². The third-order valence-corrected chi connectivity index (χ3v) is 1.53. The molecular weight excluding hydrogens is 126 g/mol. The molecule has 0 radical (unpaired) electrons. The Bertz CT molecular complexity index is 99.4. The van der Waals surface area contributed by atoms with Crippen molar-refractivity contribution in [1.82, 2.24) is 4.90 Å². The topological polar surface area (TPSA) is 20.3 Å². The fourth-order valence-corrected chi connectivity index (χ4v) is 0.871. The van der Waals surface area contributed by atoms with Crippen LogP contribution in [0.1, 0.15) is 20.3 Å². The molecule has 0 aromatic carbocycles. The summed E-state index contributed by atoms with van der Waals surface area (Å²) < 4.78 is 0. The summed E-state index contributed by atoms with van der Waals surface area (Å²) in [7, 11) is 3.86. The SMILES string of the molecule is CC(C)C[C@@H](C=O)N(C)C. The molecule has 0 saturated carbocycles. The van der Waals surface area contributed by atoms with Crippen LogP contribution in [0.15, 0.2) is 0 Å². The number of rotatable bonds is 4. The zero-order valence-corrected chi connectivity index (χ0v) is 7.29. The Morgan fingerprint density at radius 1 is 1.40 bits per heavy atom. The van der Waals surface area contributed by atoms with Crippen LogP contribution in [-0.2, 0) is 4.79 Å². The van der Waals surface area contributed by atoms with Crippen molar-refractivity contribution in [2.75, 3.05) is 14.1 Å². The summed E-state index contributed by atoms with van der Waals surface area (Å²) >= 11 is 0. The monoisotopic (exact) mass is 143 g/mol. The Morgan fingerprint density at radius 3 is 2.00 bits per heavy atom. The van der Waals surface area contributed by atoms with E-state index in [1.165, 1.54) is 0 Å². The van der Waals surface area contributed by atoms with Gasteiger partial charge in [0.2, 0.25) is 0 Å². The van der Waals surface area contributed by atoms with Crippen molar-refractivity contribution < 1.29 is 4.79 Å². The molecule has 0 fully saturated rings. The van der Waals surface area contributed by atoms with E-state index in [9.17, 15) is 4.79 Å². The first-order valence-electron chi connectivity index (χ1n) is 3.69. The summed E-state index contributed by atoms with van der Waals surface area (Å²) in [6.07, 6.45) is 1.97. The standard InChI is InChI=1S/C8H17NO/c1-7(2)5-8(6-10)9(3)4/h6-8H,5H2,1-4H3/t8-/m0/s1. The van der Waals surface area contributed by atoms with Crippen LogP contribution in [0.25, 0.3) is 0 Å². The van der Waals surface area contributed by atoms with Gasteiger partial charge >= 0.3 is 0 Å². The molecule has 10 heavy (non-hydrogen) atoms.